The summed E-state index contributed by atoms with van der Waals surface area (Å²) in [5.41, 5.74) is 0. The Labute approximate surface area is 136 Å². The molecule has 0 aromatic heterocycles. The number of hydrogen-bond donors (Lipinski definition) is 1. The van der Waals surface area contributed by atoms with Crippen molar-refractivity contribution in [2.75, 3.05) is 6.61 Å². The van der Waals surface area contributed by atoms with Gasteiger partial charge < -0.3 is 18.9 Å². The second-order valence-corrected chi connectivity index (χ2v) is 6.54. The molecule has 1 rings (SSSR count). The summed E-state index contributed by atoms with van der Waals surface area (Å²) in [5, 5.41) is 7.49. The van der Waals surface area contributed by atoms with Crippen LogP contribution in [0.1, 0.15) is 20.3 Å². The minimum absolute atomic E-state index is 0.00908. The highest BCUT2D eigenvalue weighted by Crippen LogP contribution is 2.30. The Morgan fingerprint density at radius 1 is 1.14 bits per heavy atom. The van der Waals surface area contributed by atoms with E-state index in [0.717, 1.165) is 0 Å². The van der Waals surface area contributed by atoms with E-state index in [1.807, 2.05) is 0 Å². The maximum absolute atomic E-state index is 11.1. The average Bonchev–Trinajstić information content (AvgIpc) is 2.29. The number of hydrogen-bond acceptors (Lipinski definition) is 7. The van der Waals surface area contributed by atoms with Crippen LogP contribution in [0.4, 0.5) is 0 Å². The molecule has 0 saturated carbocycles. The largest absolute Gasteiger partial charge is 0.460 e. The van der Waals surface area contributed by atoms with Gasteiger partial charge in [-0.05, 0) is 0 Å². The van der Waals surface area contributed by atoms with Gasteiger partial charge in [0.05, 0.1) is 6.61 Å². The average molecular weight is 363 g/mol. The minimum Gasteiger partial charge on any atom is -0.460 e. The van der Waals surface area contributed by atoms with E-state index in [2.05, 4.69) is 0 Å². The highest BCUT2D eigenvalue weighted by atomic mass is 35.6. The maximum Gasteiger partial charge on any atom is 0.303 e. The number of esters is 2. The van der Waals surface area contributed by atoms with Crippen molar-refractivity contribution in [3.8, 4) is 0 Å². The number of carbonyl (C=O) groups excluding carboxylic acids is 2. The SMILES string of the molecule is CC(=O)OC1COC(OC(=N)C(Cl)(Cl)Cl)C(OC(C)=O)C1. The van der Waals surface area contributed by atoms with Crippen LogP contribution in [0.5, 0.6) is 0 Å². The zero-order valence-corrected chi connectivity index (χ0v) is 13.5. The quantitative estimate of drug-likeness (QED) is 0.357. The van der Waals surface area contributed by atoms with Crippen LogP contribution in [0, 0.1) is 5.41 Å². The van der Waals surface area contributed by atoms with Gasteiger partial charge in [-0.1, -0.05) is 34.8 Å². The van der Waals surface area contributed by atoms with Gasteiger partial charge in [0.1, 0.15) is 6.10 Å². The Hall–Kier alpha value is -0.760. The van der Waals surface area contributed by atoms with Crippen molar-refractivity contribution >= 4 is 52.6 Å². The fraction of sp³-hybridized carbons (Fsp3) is 0.727. The summed E-state index contributed by atoms with van der Waals surface area (Å²) in [5.74, 6) is -1.74. The number of rotatable bonds is 3. The fourth-order valence-electron chi connectivity index (χ4n) is 1.67. The lowest BCUT2D eigenvalue weighted by Crippen LogP contribution is -2.47. The van der Waals surface area contributed by atoms with Crippen molar-refractivity contribution in [2.24, 2.45) is 0 Å². The third-order valence-electron chi connectivity index (χ3n) is 2.39. The molecule has 0 aromatic rings. The van der Waals surface area contributed by atoms with Crippen LogP contribution in [-0.4, -0.2) is 46.7 Å². The molecule has 0 amide bonds. The van der Waals surface area contributed by atoms with Crippen LogP contribution < -0.4 is 0 Å². The molecule has 21 heavy (non-hydrogen) atoms. The molecule has 3 unspecified atom stereocenters. The molecule has 1 fully saturated rings. The molecule has 3 atom stereocenters. The van der Waals surface area contributed by atoms with Gasteiger partial charge in [-0.3, -0.25) is 15.0 Å². The first-order valence-electron chi connectivity index (χ1n) is 5.88. The van der Waals surface area contributed by atoms with Crippen LogP contribution >= 0.6 is 34.8 Å². The topological polar surface area (TPSA) is 94.9 Å². The molecule has 1 saturated heterocycles. The Kier molecular flexibility index (Phi) is 6.52. The summed E-state index contributed by atoms with van der Waals surface area (Å²) >= 11 is 16.5. The highest BCUT2D eigenvalue weighted by molar-refractivity contribution is 6.76. The summed E-state index contributed by atoms with van der Waals surface area (Å²) in [6.07, 6.45) is -2.46. The molecule has 10 heteroatoms. The van der Waals surface area contributed by atoms with Gasteiger partial charge in [-0.2, -0.15) is 0 Å². The van der Waals surface area contributed by atoms with Crippen LogP contribution in [0.25, 0.3) is 0 Å². The predicted octanol–water partition coefficient (Wildman–Crippen LogP) is 1.96. The van der Waals surface area contributed by atoms with E-state index in [1.165, 1.54) is 13.8 Å². The predicted molar refractivity (Wildman–Crippen MR) is 74.6 cm³/mol. The Morgan fingerprint density at radius 2 is 1.71 bits per heavy atom. The standard InChI is InChI=1S/C11H14Cl3NO6/c1-5(16)19-7-3-8(20-6(2)17)9(18-4-7)21-10(15)11(12,13)14/h7-9,15H,3-4H2,1-2H3. The molecule has 1 heterocycles. The van der Waals surface area contributed by atoms with Crippen molar-refractivity contribution in [3.05, 3.63) is 0 Å². The van der Waals surface area contributed by atoms with Gasteiger partial charge in [0, 0.05) is 20.3 Å². The summed E-state index contributed by atoms with van der Waals surface area (Å²) < 4.78 is 18.3. The molecular weight excluding hydrogens is 348 g/mol. The molecule has 0 aliphatic carbocycles. The molecule has 0 bridgehead atoms. The summed E-state index contributed by atoms with van der Waals surface area (Å²) in [6.45, 7) is 2.46. The van der Waals surface area contributed by atoms with Crippen molar-refractivity contribution in [2.45, 2.75) is 42.6 Å². The molecule has 0 spiro atoms. The molecule has 120 valence electrons. The highest BCUT2D eigenvalue weighted by Gasteiger charge is 2.40. The Balaban J connectivity index is 2.71. The Bertz CT molecular complexity index is 425. The molecular formula is C11H14Cl3NO6. The smallest absolute Gasteiger partial charge is 0.303 e. The lowest BCUT2D eigenvalue weighted by atomic mass is 10.1. The van der Waals surface area contributed by atoms with Crippen molar-refractivity contribution < 1.29 is 28.5 Å². The zero-order valence-electron chi connectivity index (χ0n) is 11.2. The van der Waals surface area contributed by atoms with Gasteiger partial charge in [0.25, 0.3) is 3.79 Å². The van der Waals surface area contributed by atoms with Crippen LogP contribution in [0.15, 0.2) is 0 Å². The van der Waals surface area contributed by atoms with E-state index in [1.54, 1.807) is 0 Å². The van der Waals surface area contributed by atoms with E-state index in [0.29, 0.717) is 0 Å². The maximum atomic E-state index is 11.1. The van der Waals surface area contributed by atoms with Crippen LogP contribution in [0.3, 0.4) is 0 Å². The van der Waals surface area contributed by atoms with E-state index < -0.39 is 40.1 Å². The lowest BCUT2D eigenvalue weighted by Gasteiger charge is -2.35. The van der Waals surface area contributed by atoms with Crippen molar-refractivity contribution in [1.29, 1.82) is 5.41 Å². The number of carbonyl (C=O) groups is 2. The first-order chi connectivity index (χ1) is 9.59. The third kappa shape index (κ3) is 6.25. The first-order valence-corrected chi connectivity index (χ1v) is 7.01. The van der Waals surface area contributed by atoms with E-state index in [9.17, 15) is 9.59 Å². The molecule has 0 radical (unpaired) electrons. The molecule has 7 nitrogen and oxygen atoms in total. The van der Waals surface area contributed by atoms with E-state index >= 15 is 0 Å². The van der Waals surface area contributed by atoms with Crippen molar-refractivity contribution in [3.63, 3.8) is 0 Å². The summed E-state index contributed by atoms with van der Waals surface area (Å²) in [4.78, 5) is 22.0. The number of alkyl halides is 3. The number of halogens is 3. The van der Waals surface area contributed by atoms with Crippen molar-refractivity contribution in [1.82, 2.24) is 0 Å². The lowest BCUT2D eigenvalue weighted by molar-refractivity contribution is -0.224. The van der Waals surface area contributed by atoms with Crippen LogP contribution in [-0.2, 0) is 28.5 Å². The minimum atomic E-state index is -2.06. The second-order valence-electron chi connectivity index (χ2n) is 4.26. The molecule has 0 aromatic carbocycles. The van der Waals surface area contributed by atoms with Gasteiger partial charge in [0.2, 0.25) is 12.2 Å². The monoisotopic (exact) mass is 361 g/mol. The first kappa shape index (κ1) is 18.3. The fourth-order valence-corrected chi connectivity index (χ4v) is 1.81. The molecule has 1 aliphatic rings. The Morgan fingerprint density at radius 3 is 2.19 bits per heavy atom. The molecule has 1 N–H and O–H groups in total. The normalized spacial score (nSPS) is 25.9. The van der Waals surface area contributed by atoms with Crippen LogP contribution in [0.2, 0.25) is 0 Å². The second kappa shape index (κ2) is 7.49. The summed E-state index contributed by atoms with van der Waals surface area (Å²) in [6, 6.07) is 0. The van der Waals surface area contributed by atoms with Gasteiger partial charge in [-0.15, -0.1) is 0 Å². The van der Waals surface area contributed by atoms with E-state index in [-0.39, 0.29) is 13.0 Å². The zero-order chi connectivity index (χ0) is 16.2. The number of ether oxygens (including phenoxy) is 4. The van der Waals surface area contributed by atoms with Gasteiger partial charge in [-0.25, -0.2) is 0 Å². The van der Waals surface area contributed by atoms with Gasteiger partial charge in [0.15, 0.2) is 6.10 Å². The summed E-state index contributed by atoms with van der Waals surface area (Å²) in [7, 11) is 0. The van der Waals surface area contributed by atoms with Gasteiger partial charge >= 0.3 is 11.9 Å². The third-order valence-corrected chi connectivity index (χ3v) is 2.90. The van der Waals surface area contributed by atoms with E-state index in [4.69, 9.17) is 59.2 Å². The molecule has 1 aliphatic heterocycles. The number of nitrogens with one attached hydrogen (secondary N) is 1.